The number of rotatable bonds is 8. The molecule has 0 spiro atoms. The van der Waals surface area contributed by atoms with Gasteiger partial charge in [-0.2, -0.15) is 0 Å². The van der Waals surface area contributed by atoms with Crippen molar-refractivity contribution in [1.29, 1.82) is 0 Å². The molecule has 0 saturated carbocycles. The van der Waals surface area contributed by atoms with E-state index in [2.05, 4.69) is 20.6 Å². The number of ketones is 1. The fraction of sp³-hybridized carbons (Fsp3) is 0.182. The quantitative estimate of drug-likeness (QED) is 0.611. The first kappa shape index (κ1) is 19.2. The molecule has 2 aromatic heterocycles. The van der Waals surface area contributed by atoms with Crippen LogP contribution in [0.2, 0.25) is 0 Å². The Morgan fingerprint density at radius 3 is 2.50 bits per heavy atom. The van der Waals surface area contributed by atoms with Crippen molar-refractivity contribution < 1.29 is 9.59 Å². The average molecular weight is 374 g/mol. The highest BCUT2D eigenvalue weighted by molar-refractivity contribution is 6.08. The molecule has 0 fully saturated rings. The number of anilines is 3. The van der Waals surface area contributed by atoms with Gasteiger partial charge < -0.3 is 10.6 Å². The zero-order valence-corrected chi connectivity index (χ0v) is 15.7. The number of carbonyl (C=O) groups is 2. The number of para-hydroxylation sites is 1. The lowest BCUT2D eigenvalue weighted by atomic mass is 10.1. The number of Topliss-reactive ketones (excluding diaryl/α,β-unsaturated/α-hetero) is 1. The number of aromatic nitrogens is 2. The standard InChI is InChI=1S/C22H22N4O2/c1-2-7-19(27)12-18-13-21(25-17-10-6-11-23-14-17)20(15-24-18)22(28)26-16-8-4-3-5-9-16/h3-6,8-11,13-15H,2,7,12H2,1H3,(H,24,25)(H,26,28). The lowest BCUT2D eigenvalue weighted by Gasteiger charge is -2.13. The van der Waals surface area contributed by atoms with Crippen LogP contribution in [0.1, 0.15) is 35.8 Å². The molecule has 3 rings (SSSR count). The number of amides is 1. The van der Waals surface area contributed by atoms with Gasteiger partial charge in [-0.25, -0.2) is 0 Å². The second-order valence-electron chi connectivity index (χ2n) is 6.37. The summed E-state index contributed by atoms with van der Waals surface area (Å²) in [6.07, 6.45) is 6.42. The van der Waals surface area contributed by atoms with E-state index >= 15 is 0 Å². The monoisotopic (exact) mass is 374 g/mol. The van der Waals surface area contributed by atoms with Crippen LogP contribution >= 0.6 is 0 Å². The molecule has 1 amide bonds. The number of carbonyl (C=O) groups excluding carboxylic acids is 2. The smallest absolute Gasteiger partial charge is 0.259 e. The van der Waals surface area contributed by atoms with Crippen molar-refractivity contribution in [2.24, 2.45) is 0 Å². The SMILES string of the molecule is CCCC(=O)Cc1cc(Nc2cccnc2)c(C(=O)Nc2ccccc2)cn1. The van der Waals surface area contributed by atoms with Gasteiger partial charge in [-0.15, -0.1) is 0 Å². The van der Waals surface area contributed by atoms with E-state index in [-0.39, 0.29) is 18.1 Å². The van der Waals surface area contributed by atoms with Crippen LogP contribution in [0, 0.1) is 0 Å². The minimum atomic E-state index is -0.281. The van der Waals surface area contributed by atoms with E-state index in [1.54, 1.807) is 24.5 Å². The summed E-state index contributed by atoms with van der Waals surface area (Å²) in [4.78, 5) is 33.2. The molecular formula is C22H22N4O2. The normalized spacial score (nSPS) is 10.3. The number of hydrogen-bond donors (Lipinski definition) is 2. The highest BCUT2D eigenvalue weighted by Gasteiger charge is 2.15. The van der Waals surface area contributed by atoms with Gasteiger partial charge in [0.25, 0.3) is 5.91 Å². The van der Waals surface area contributed by atoms with Gasteiger partial charge in [0.05, 0.1) is 23.1 Å². The Morgan fingerprint density at radius 2 is 1.79 bits per heavy atom. The minimum absolute atomic E-state index is 0.129. The third kappa shape index (κ3) is 5.23. The van der Waals surface area contributed by atoms with Crippen LogP contribution < -0.4 is 10.6 Å². The number of nitrogens with zero attached hydrogens (tertiary/aromatic N) is 2. The predicted molar refractivity (Wildman–Crippen MR) is 110 cm³/mol. The van der Waals surface area contributed by atoms with Gasteiger partial charge in [-0.1, -0.05) is 25.1 Å². The van der Waals surface area contributed by atoms with Crippen molar-refractivity contribution in [2.45, 2.75) is 26.2 Å². The summed E-state index contributed by atoms with van der Waals surface area (Å²) in [6, 6.07) is 14.6. The van der Waals surface area contributed by atoms with E-state index in [1.807, 2.05) is 43.3 Å². The van der Waals surface area contributed by atoms with Crippen molar-refractivity contribution in [1.82, 2.24) is 9.97 Å². The maximum absolute atomic E-state index is 12.8. The molecule has 142 valence electrons. The van der Waals surface area contributed by atoms with Gasteiger partial charge in [0, 0.05) is 36.6 Å². The van der Waals surface area contributed by atoms with Crippen LogP contribution in [0.3, 0.4) is 0 Å². The molecule has 0 bridgehead atoms. The molecule has 3 aromatic rings. The molecular weight excluding hydrogens is 352 g/mol. The first-order valence-electron chi connectivity index (χ1n) is 9.19. The molecule has 0 aliphatic heterocycles. The molecule has 28 heavy (non-hydrogen) atoms. The van der Waals surface area contributed by atoms with Crippen LogP contribution in [0.5, 0.6) is 0 Å². The Labute approximate surface area is 164 Å². The topological polar surface area (TPSA) is 84.0 Å². The fourth-order valence-corrected chi connectivity index (χ4v) is 2.76. The number of benzene rings is 1. The van der Waals surface area contributed by atoms with Crippen molar-refractivity contribution >= 4 is 28.8 Å². The van der Waals surface area contributed by atoms with E-state index < -0.39 is 0 Å². The van der Waals surface area contributed by atoms with Gasteiger partial charge in [0.2, 0.25) is 0 Å². The van der Waals surface area contributed by atoms with Crippen molar-refractivity contribution in [3.8, 4) is 0 Å². The molecule has 2 N–H and O–H groups in total. The van der Waals surface area contributed by atoms with Crippen LogP contribution in [-0.4, -0.2) is 21.7 Å². The van der Waals surface area contributed by atoms with Gasteiger partial charge in [0.15, 0.2) is 0 Å². The van der Waals surface area contributed by atoms with E-state index in [9.17, 15) is 9.59 Å². The maximum atomic E-state index is 12.8. The highest BCUT2D eigenvalue weighted by Crippen LogP contribution is 2.23. The number of nitrogens with one attached hydrogen (secondary N) is 2. The van der Waals surface area contributed by atoms with Gasteiger partial charge >= 0.3 is 0 Å². The Morgan fingerprint density at radius 1 is 1.00 bits per heavy atom. The summed E-state index contributed by atoms with van der Waals surface area (Å²) < 4.78 is 0. The van der Waals surface area contributed by atoms with E-state index in [4.69, 9.17) is 0 Å². The summed E-state index contributed by atoms with van der Waals surface area (Å²) in [5.41, 5.74) is 3.03. The van der Waals surface area contributed by atoms with Gasteiger partial charge in [0.1, 0.15) is 5.78 Å². The molecule has 1 aromatic carbocycles. The minimum Gasteiger partial charge on any atom is -0.354 e. The number of pyridine rings is 2. The largest absolute Gasteiger partial charge is 0.354 e. The Kier molecular flexibility index (Phi) is 6.46. The summed E-state index contributed by atoms with van der Waals surface area (Å²) in [5.74, 6) is -0.152. The van der Waals surface area contributed by atoms with Crippen LogP contribution in [0.15, 0.2) is 67.1 Å². The van der Waals surface area contributed by atoms with Gasteiger partial charge in [-0.3, -0.25) is 19.6 Å². The molecule has 2 heterocycles. The van der Waals surface area contributed by atoms with Gasteiger partial charge in [-0.05, 0) is 36.8 Å². The molecule has 0 aliphatic rings. The van der Waals surface area contributed by atoms with E-state index in [0.29, 0.717) is 29.1 Å². The van der Waals surface area contributed by atoms with Crippen molar-refractivity contribution in [2.75, 3.05) is 10.6 Å². The predicted octanol–water partition coefficient (Wildman–Crippen LogP) is 4.38. The van der Waals surface area contributed by atoms with Crippen molar-refractivity contribution in [3.63, 3.8) is 0 Å². The first-order chi connectivity index (χ1) is 13.7. The molecule has 0 atom stereocenters. The highest BCUT2D eigenvalue weighted by atomic mass is 16.1. The summed E-state index contributed by atoms with van der Waals surface area (Å²) >= 11 is 0. The summed E-state index contributed by atoms with van der Waals surface area (Å²) in [5, 5.41) is 6.07. The zero-order chi connectivity index (χ0) is 19.8. The van der Waals surface area contributed by atoms with Crippen LogP contribution in [0.4, 0.5) is 17.1 Å². The Balaban J connectivity index is 1.88. The number of hydrogen-bond acceptors (Lipinski definition) is 5. The lowest BCUT2D eigenvalue weighted by Crippen LogP contribution is -2.15. The third-order valence-corrected chi connectivity index (χ3v) is 4.08. The molecule has 0 aliphatic carbocycles. The fourth-order valence-electron chi connectivity index (χ4n) is 2.76. The van der Waals surface area contributed by atoms with E-state index in [1.165, 1.54) is 6.20 Å². The molecule has 6 nitrogen and oxygen atoms in total. The summed E-state index contributed by atoms with van der Waals surface area (Å²) in [7, 11) is 0. The van der Waals surface area contributed by atoms with E-state index in [0.717, 1.165) is 12.1 Å². The van der Waals surface area contributed by atoms with Crippen LogP contribution in [0.25, 0.3) is 0 Å². The zero-order valence-electron chi connectivity index (χ0n) is 15.7. The molecule has 0 unspecified atom stereocenters. The average Bonchev–Trinajstić information content (AvgIpc) is 2.70. The Bertz CT molecular complexity index is 943. The molecule has 0 saturated heterocycles. The molecule has 0 radical (unpaired) electrons. The third-order valence-electron chi connectivity index (χ3n) is 4.08. The second kappa shape index (κ2) is 9.41. The lowest BCUT2D eigenvalue weighted by molar-refractivity contribution is -0.118. The summed E-state index contributed by atoms with van der Waals surface area (Å²) in [6.45, 7) is 1.97. The maximum Gasteiger partial charge on any atom is 0.259 e. The molecule has 6 heteroatoms. The first-order valence-corrected chi connectivity index (χ1v) is 9.19. The van der Waals surface area contributed by atoms with Crippen LogP contribution in [-0.2, 0) is 11.2 Å². The second-order valence-corrected chi connectivity index (χ2v) is 6.37. The van der Waals surface area contributed by atoms with Crippen molar-refractivity contribution in [3.05, 3.63) is 78.4 Å². The Hall–Kier alpha value is -3.54.